The van der Waals surface area contributed by atoms with E-state index in [-0.39, 0.29) is 18.0 Å². The van der Waals surface area contributed by atoms with Crippen LogP contribution in [-0.4, -0.2) is 28.8 Å². The van der Waals surface area contributed by atoms with Crippen molar-refractivity contribution in [3.63, 3.8) is 0 Å². The standard InChI is InChI=1S/C13H12N4O6/c18-13(11-5-6-12(23-11)17(21)22)15-8-7-14-9-1-3-10(4-2-9)16(19)20/h1-6,14H,7-8H2,(H,15,18). The summed E-state index contributed by atoms with van der Waals surface area (Å²) < 4.78 is 4.76. The summed E-state index contributed by atoms with van der Waals surface area (Å²) in [6.07, 6.45) is 0. The number of benzene rings is 1. The van der Waals surface area contributed by atoms with Crippen LogP contribution in [0.5, 0.6) is 0 Å². The molecule has 0 radical (unpaired) electrons. The molecular formula is C13H12N4O6. The zero-order chi connectivity index (χ0) is 16.8. The van der Waals surface area contributed by atoms with E-state index in [1.165, 1.54) is 18.2 Å². The Hall–Kier alpha value is -3.43. The normalized spacial score (nSPS) is 10.1. The van der Waals surface area contributed by atoms with Crippen LogP contribution in [0.1, 0.15) is 10.6 Å². The van der Waals surface area contributed by atoms with Crippen molar-refractivity contribution in [3.8, 4) is 0 Å². The van der Waals surface area contributed by atoms with Crippen LogP contribution < -0.4 is 10.6 Å². The van der Waals surface area contributed by atoms with Gasteiger partial charge in [-0.25, -0.2) is 0 Å². The lowest BCUT2D eigenvalue weighted by molar-refractivity contribution is -0.402. The van der Waals surface area contributed by atoms with Crippen LogP contribution in [0, 0.1) is 20.2 Å². The van der Waals surface area contributed by atoms with Crippen LogP contribution in [0.4, 0.5) is 17.3 Å². The lowest BCUT2D eigenvalue weighted by Gasteiger charge is -2.06. The molecule has 0 saturated carbocycles. The minimum Gasteiger partial charge on any atom is -0.395 e. The molecule has 0 aliphatic carbocycles. The molecule has 0 unspecified atom stereocenters. The van der Waals surface area contributed by atoms with Crippen molar-refractivity contribution >= 4 is 23.2 Å². The van der Waals surface area contributed by atoms with E-state index in [4.69, 9.17) is 4.42 Å². The van der Waals surface area contributed by atoms with Gasteiger partial charge in [0.25, 0.3) is 11.6 Å². The summed E-state index contributed by atoms with van der Waals surface area (Å²) in [5, 5.41) is 26.5. The third-order valence-corrected chi connectivity index (χ3v) is 2.81. The van der Waals surface area contributed by atoms with Crippen molar-refractivity contribution in [2.24, 2.45) is 0 Å². The number of hydrogen-bond acceptors (Lipinski definition) is 7. The molecule has 0 fully saturated rings. The number of amides is 1. The zero-order valence-corrected chi connectivity index (χ0v) is 11.7. The van der Waals surface area contributed by atoms with Gasteiger partial charge in [-0.3, -0.25) is 25.0 Å². The molecule has 0 aliphatic rings. The maximum atomic E-state index is 11.7. The highest BCUT2D eigenvalue weighted by atomic mass is 16.6. The summed E-state index contributed by atoms with van der Waals surface area (Å²) >= 11 is 0. The molecule has 1 aromatic carbocycles. The fourth-order valence-electron chi connectivity index (χ4n) is 1.72. The van der Waals surface area contributed by atoms with Gasteiger partial charge in [0.2, 0.25) is 0 Å². The van der Waals surface area contributed by atoms with Crippen LogP contribution >= 0.6 is 0 Å². The Morgan fingerprint density at radius 1 is 1.00 bits per heavy atom. The second kappa shape index (κ2) is 7.02. The molecule has 10 nitrogen and oxygen atoms in total. The van der Waals surface area contributed by atoms with E-state index in [0.29, 0.717) is 12.2 Å². The second-order valence-electron chi connectivity index (χ2n) is 4.38. The van der Waals surface area contributed by atoms with Crippen LogP contribution in [0.3, 0.4) is 0 Å². The van der Waals surface area contributed by atoms with Crippen LogP contribution in [0.2, 0.25) is 0 Å². The monoisotopic (exact) mass is 320 g/mol. The number of carbonyl (C=O) groups is 1. The zero-order valence-electron chi connectivity index (χ0n) is 11.7. The van der Waals surface area contributed by atoms with Crippen LogP contribution in [0.15, 0.2) is 40.8 Å². The predicted octanol–water partition coefficient (Wildman–Crippen LogP) is 1.94. The van der Waals surface area contributed by atoms with Gasteiger partial charge in [0.05, 0.1) is 11.0 Å². The number of nitrogens with one attached hydrogen (secondary N) is 2. The summed E-state index contributed by atoms with van der Waals surface area (Å²) in [7, 11) is 0. The highest BCUT2D eigenvalue weighted by molar-refractivity contribution is 5.91. The molecule has 1 heterocycles. The molecule has 0 aliphatic heterocycles. The smallest absolute Gasteiger partial charge is 0.395 e. The Balaban J connectivity index is 1.77. The molecule has 0 bridgehead atoms. The number of non-ortho nitro benzene ring substituents is 1. The average Bonchev–Trinajstić information content (AvgIpc) is 3.02. The molecule has 10 heteroatoms. The van der Waals surface area contributed by atoms with Gasteiger partial charge in [0.15, 0.2) is 5.76 Å². The first-order chi connectivity index (χ1) is 11.0. The van der Waals surface area contributed by atoms with Gasteiger partial charge in [-0.1, -0.05) is 0 Å². The fraction of sp³-hybridized carbons (Fsp3) is 0.154. The first-order valence-corrected chi connectivity index (χ1v) is 6.48. The number of nitrogens with zero attached hydrogens (tertiary/aromatic N) is 2. The molecule has 0 spiro atoms. The molecule has 23 heavy (non-hydrogen) atoms. The summed E-state index contributed by atoms with van der Waals surface area (Å²) in [6, 6.07) is 8.15. The largest absolute Gasteiger partial charge is 0.433 e. The molecule has 1 amide bonds. The molecule has 1 aromatic heterocycles. The minimum absolute atomic E-state index is 0.0109. The highest BCUT2D eigenvalue weighted by Gasteiger charge is 2.16. The van der Waals surface area contributed by atoms with Crippen molar-refractivity contribution in [2.45, 2.75) is 0 Å². The molecular weight excluding hydrogens is 308 g/mol. The summed E-state index contributed by atoms with van der Waals surface area (Å²) in [6.45, 7) is 0.608. The summed E-state index contributed by atoms with van der Waals surface area (Å²) in [5.41, 5.74) is 0.654. The van der Waals surface area contributed by atoms with Gasteiger partial charge >= 0.3 is 5.88 Å². The van der Waals surface area contributed by atoms with Gasteiger partial charge in [0, 0.05) is 30.9 Å². The van der Waals surface area contributed by atoms with E-state index >= 15 is 0 Å². The minimum atomic E-state index is -0.729. The molecule has 2 aromatic rings. The van der Waals surface area contributed by atoms with Crippen LogP contribution in [0.25, 0.3) is 0 Å². The van der Waals surface area contributed by atoms with Gasteiger partial charge in [0.1, 0.15) is 4.92 Å². The molecule has 0 saturated heterocycles. The van der Waals surface area contributed by atoms with E-state index in [0.717, 1.165) is 6.07 Å². The maximum absolute atomic E-state index is 11.7. The number of nitro benzene ring substituents is 1. The number of carbonyl (C=O) groups excluding carboxylic acids is 1. The van der Waals surface area contributed by atoms with Crippen molar-refractivity contribution in [2.75, 3.05) is 18.4 Å². The Kier molecular flexibility index (Phi) is 4.87. The summed E-state index contributed by atoms with van der Waals surface area (Å²) in [4.78, 5) is 31.4. The number of rotatable bonds is 7. The number of hydrogen-bond donors (Lipinski definition) is 2. The van der Waals surface area contributed by atoms with Crippen molar-refractivity contribution in [1.29, 1.82) is 0 Å². The van der Waals surface area contributed by atoms with Gasteiger partial charge in [-0.2, -0.15) is 0 Å². The third-order valence-electron chi connectivity index (χ3n) is 2.81. The van der Waals surface area contributed by atoms with E-state index in [9.17, 15) is 25.0 Å². The quantitative estimate of drug-likeness (QED) is 0.451. The van der Waals surface area contributed by atoms with Gasteiger partial charge in [-0.05, 0) is 18.2 Å². The van der Waals surface area contributed by atoms with Crippen molar-refractivity contribution in [1.82, 2.24) is 5.32 Å². The van der Waals surface area contributed by atoms with E-state index < -0.39 is 21.6 Å². The molecule has 120 valence electrons. The lowest BCUT2D eigenvalue weighted by Crippen LogP contribution is -2.28. The first kappa shape index (κ1) is 15.9. The average molecular weight is 320 g/mol. The summed E-state index contributed by atoms with van der Waals surface area (Å²) in [5.74, 6) is -1.21. The number of furan rings is 1. The second-order valence-corrected chi connectivity index (χ2v) is 4.38. The van der Waals surface area contributed by atoms with Gasteiger partial charge in [-0.15, -0.1) is 0 Å². The van der Waals surface area contributed by atoms with Crippen LogP contribution in [-0.2, 0) is 0 Å². The first-order valence-electron chi connectivity index (χ1n) is 6.48. The van der Waals surface area contributed by atoms with Crippen molar-refractivity contribution in [3.05, 3.63) is 62.4 Å². The Bertz CT molecular complexity index is 724. The Morgan fingerprint density at radius 2 is 1.70 bits per heavy atom. The molecule has 2 rings (SSSR count). The molecule has 2 N–H and O–H groups in total. The lowest BCUT2D eigenvalue weighted by atomic mass is 10.3. The predicted molar refractivity (Wildman–Crippen MR) is 79.3 cm³/mol. The fourth-order valence-corrected chi connectivity index (χ4v) is 1.72. The SMILES string of the molecule is O=C(NCCNc1ccc([N+](=O)[O-])cc1)c1ccc([N+](=O)[O-])o1. The Labute approximate surface area is 129 Å². The van der Waals surface area contributed by atoms with E-state index in [2.05, 4.69) is 10.6 Å². The topological polar surface area (TPSA) is 141 Å². The van der Waals surface area contributed by atoms with Gasteiger partial charge < -0.3 is 15.1 Å². The number of anilines is 1. The van der Waals surface area contributed by atoms with E-state index in [1.807, 2.05) is 0 Å². The number of nitro groups is 2. The third kappa shape index (κ3) is 4.27. The van der Waals surface area contributed by atoms with E-state index in [1.54, 1.807) is 12.1 Å². The highest BCUT2D eigenvalue weighted by Crippen LogP contribution is 2.16. The molecule has 0 atom stereocenters. The Morgan fingerprint density at radius 3 is 2.26 bits per heavy atom. The van der Waals surface area contributed by atoms with Crippen molar-refractivity contribution < 1.29 is 19.1 Å². The maximum Gasteiger partial charge on any atom is 0.433 e.